The van der Waals surface area contributed by atoms with Gasteiger partial charge in [0.2, 0.25) is 11.8 Å². The van der Waals surface area contributed by atoms with E-state index in [0.717, 1.165) is 24.6 Å². The molecule has 3 rings (SSSR count). The molecule has 1 aliphatic carbocycles. The first-order chi connectivity index (χ1) is 9.93. The first-order valence-corrected chi connectivity index (χ1v) is 9.77. The summed E-state index contributed by atoms with van der Waals surface area (Å²) in [6.07, 6.45) is 2.14. The molecule has 0 spiro atoms. The highest BCUT2D eigenvalue weighted by atomic mass is 35.5. The van der Waals surface area contributed by atoms with Crippen LogP contribution < -0.4 is 5.32 Å². The Labute approximate surface area is 131 Å². The van der Waals surface area contributed by atoms with Crippen LogP contribution in [0.25, 0.3) is 0 Å². The van der Waals surface area contributed by atoms with E-state index < -0.39 is 21.3 Å². The summed E-state index contributed by atoms with van der Waals surface area (Å²) in [6.45, 7) is 0. The normalized spacial score (nSPS) is 27.7. The van der Waals surface area contributed by atoms with Crippen LogP contribution in [0.15, 0.2) is 9.64 Å². The van der Waals surface area contributed by atoms with Crippen molar-refractivity contribution in [3.05, 3.63) is 5.89 Å². The van der Waals surface area contributed by atoms with Crippen LogP contribution in [0.3, 0.4) is 0 Å². The van der Waals surface area contributed by atoms with Gasteiger partial charge in [-0.15, -0.1) is 21.8 Å². The number of nitrogens with zero attached hydrogens (tertiary/aromatic N) is 2. The van der Waals surface area contributed by atoms with E-state index >= 15 is 0 Å². The summed E-state index contributed by atoms with van der Waals surface area (Å²) >= 11 is 7.06. The van der Waals surface area contributed by atoms with Crippen molar-refractivity contribution in [1.82, 2.24) is 15.5 Å². The van der Waals surface area contributed by atoms with Crippen LogP contribution in [0.5, 0.6) is 0 Å². The van der Waals surface area contributed by atoms with Crippen molar-refractivity contribution in [2.45, 2.75) is 35.4 Å². The largest absolute Gasteiger partial charge is 0.416 e. The second kappa shape index (κ2) is 5.77. The smallest absolute Gasteiger partial charge is 0.277 e. The van der Waals surface area contributed by atoms with Crippen molar-refractivity contribution in [2.75, 3.05) is 17.3 Å². The maximum Gasteiger partial charge on any atom is 0.277 e. The first-order valence-electron chi connectivity index (χ1n) is 6.53. The zero-order valence-corrected chi connectivity index (χ0v) is 13.4. The number of halogens is 1. The molecule has 0 unspecified atom stereocenters. The second-order valence-electron chi connectivity index (χ2n) is 5.24. The number of nitrogens with one attached hydrogen (secondary N) is 1. The third-order valence-corrected chi connectivity index (χ3v) is 6.50. The average Bonchev–Trinajstić information content (AvgIpc) is 3.07. The van der Waals surface area contributed by atoms with Crippen LogP contribution in [0.1, 0.15) is 24.7 Å². The van der Waals surface area contributed by atoms with E-state index in [2.05, 4.69) is 15.5 Å². The van der Waals surface area contributed by atoms with Gasteiger partial charge in [0, 0.05) is 5.92 Å². The molecule has 1 saturated heterocycles. The molecule has 1 amide bonds. The Bertz CT molecular complexity index is 644. The van der Waals surface area contributed by atoms with Gasteiger partial charge in [-0.2, -0.15) is 0 Å². The van der Waals surface area contributed by atoms with Crippen LogP contribution in [0, 0.1) is 0 Å². The number of amides is 1. The molecule has 2 aliphatic rings. The monoisotopic (exact) mass is 351 g/mol. The van der Waals surface area contributed by atoms with Gasteiger partial charge in [0.05, 0.1) is 28.7 Å². The quantitative estimate of drug-likeness (QED) is 0.610. The number of rotatable bonds is 5. The number of hydrogen-bond donors (Lipinski definition) is 1. The Morgan fingerprint density at radius 1 is 1.38 bits per heavy atom. The maximum atomic E-state index is 11.8. The SMILES string of the molecule is O=C(CSc1nnc(C2CC2)o1)N[C@@H]1CS(=O)(=O)C[C@@H]1Cl. The Morgan fingerprint density at radius 3 is 2.76 bits per heavy atom. The minimum absolute atomic E-state index is 0.0897. The zero-order chi connectivity index (χ0) is 15.0. The summed E-state index contributed by atoms with van der Waals surface area (Å²) in [5.41, 5.74) is 0. The third kappa shape index (κ3) is 3.89. The van der Waals surface area contributed by atoms with Gasteiger partial charge in [-0.3, -0.25) is 4.79 Å². The number of thioether (sulfide) groups is 1. The molecule has 21 heavy (non-hydrogen) atoms. The molecule has 10 heteroatoms. The number of carbonyl (C=O) groups excluding carboxylic acids is 1. The van der Waals surface area contributed by atoms with Gasteiger partial charge in [-0.1, -0.05) is 11.8 Å². The first kappa shape index (κ1) is 15.1. The molecule has 2 atom stereocenters. The molecule has 116 valence electrons. The van der Waals surface area contributed by atoms with Crippen molar-refractivity contribution in [3.8, 4) is 0 Å². The molecule has 0 bridgehead atoms. The van der Waals surface area contributed by atoms with Crippen LogP contribution in [-0.2, 0) is 14.6 Å². The standard InChI is InChI=1S/C11H14ClN3O4S2/c12-7-4-21(17,18)5-8(7)13-9(16)3-20-11-15-14-10(19-11)6-1-2-6/h6-8H,1-5H2,(H,13,16)/t7-,8+/m0/s1. The van der Waals surface area contributed by atoms with Crippen LogP contribution in [0.2, 0.25) is 0 Å². The molecule has 1 aromatic rings. The van der Waals surface area contributed by atoms with Gasteiger partial charge < -0.3 is 9.73 Å². The average molecular weight is 352 g/mol. The Hall–Kier alpha value is -0.800. The molecule has 1 N–H and O–H groups in total. The van der Waals surface area contributed by atoms with Crippen molar-refractivity contribution in [1.29, 1.82) is 0 Å². The number of hydrogen-bond acceptors (Lipinski definition) is 7. The van der Waals surface area contributed by atoms with Gasteiger partial charge >= 0.3 is 0 Å². The lowest BCUT2D eigenvalue weighted by atomic mass is 10.2. The van der Waals surface area contributed by atoms with Gasteiger partial charge in [0.1, 0.15) is 0 Å². The fourth-order valence-corrected chi connectivity index (χ4v) is 5.22. The molecule has 7 nitrogen and oxygen atoms in total. The Kier molecular flexibility index (Phi) is 4.15. The van der Waals surface area contributed by atoms with E-state index in [0.29, 0.717) is 17.0 Å². The minimum atomic E-state index is -3.15. The fourth-order valence-electron chi connectivity index (χ4n) is 2.09. The zero-order valence-electron chi connectivity index (χ0n) is 11.0. The lowest BCUT2D eigenvalue weighted by Gasteiger charge is -2.13. The highest BCUT2D eigenvalue weighted by Crippen LogP contribution is 2.39. The number of sulfone groups is 1. The van der Waals surface area contributed by atoms with Crippen molar-refractivity contribution >= 4 is 39.1 Å². The summed E-state index contributed by atoms with van der Waals surface area (Å²) in [4.78, 5) is 11.8. The van der Waals surface area contributed by atoms with Crippen molar-refractivity contribution < 1.29 is 17.6 Å². The molecule has 2 fully saturated rings. The molecule has 0 radical (unpaired) electrons. The Morgan fingerprint density at radius 2 is 2.14 bits per heavy atom. The summed E-state index contributed by atoms with van der Waals surface area (Å²) in [6, 6.07) is -0.533. The summed E-state index contributed by atoms with van der Waals surface area (Å²) < 4.78 is 28.2. The van der Waals surface area contributed by atoms with Gasteiger partial charge in [-0.25, -0.2) is 8.42 Å². The number of aromatic nitrogens is 2. The molecule has 0 aromatic carbocycles. The van der Waals surface area contributed by atoms with E-state index in [1.807, 2.05) is 0 Å². The second-order valence-corrected chi connectivity index (χ2v) is 8.88. The predicted molar refractivity (Wildman–Crippen MR) is 77.2 cm³/mol. The maximum absolute atomic E-state index is 11.8. The third-order valence-electron chi connectivity index (χ3n) is 3.31. The van der Waals surface area contributed by atoms with Crippen molar-refractivity contribution in [3.63, 3.8) is 0 Å². The topological polar surface area (TPSA) is 102 Å². The lowest BCUT2D eigenvalue weighted by Crippen LogP contribution is -2.41. The van der Waals surface area contributed by atoms with E-state index in [-0.39, 0.29) is 23.2 Å². The molecular weight excluding hydrogens is 338 g/mol. The van der Waals surface area contributed by atoms with Gasteiger partial charge in [0.15, 0.2) is 9.84 Å². The van der Waals surface area contributed by atoms with Crippen molar-refractivity contribution in [2.24, 2.45) is 0 Å². The fraction of sp³-hybridized carbons (Fsp3) is 0.727. The van der Waals surface area contributed by atoms with Gasteiger partial charge in [-0.05, 0) is 12.8 Å². The predicted octanol–water partition coefficient (Wildman–Crippen LogP) is 0.560. The highest BCUT2D eigenvalue weighted by Gasteiger charge is 2.37. The number of carbonyl (C=O) groups is 1. The Balaban J connectivity index is 1.47. The van der Waals surface area contributed by atoms with Crippen LogP contribution in [-0.4, -0.2) is 53.2 Å². The van der Waals surface area contributed by atoms with E-state index in [9.17, 15) is 13.2 Å². The van der Waals surface area contributed by atoms with E-state index in [4.69, 9.17) is 16.0 Å². The van der Waals surface area contributed by atoms with E-state index in [1.54, 1.807) is 0 Å². The lowest BCUT2D eigenvalue weighted by molar-refractivity contribution is -0.119. The molecular formula is C11H14ClN3O4S2. The highest BCUT2D eigenvalue weighted by molar-refractivity contribution is 7.99. The van der Waals surface area contributed by atoms with E-state index in [1.165, 1.54) is 0 Å². The molecule has 2 heterocycles. The molecule has 1 saturated carbocycles. The molecule has 1 aliphatic heterocycles. The van der Waals surface area contributed by atoms with Crippen LogP contribution in [0.4, 0.5) is 0 Å². The van der Waals surface area contributed by atoms with Crippen LogP contribution >= 0.6 is 23.4 Å². The van der Waals surface area contributed by atoms with Gasteiger partial charge in [0.25, 0.3) is 5.22 Å². The summed E-state index contributed by atoms with van der Waals surface area (Å²) in [7, 11) is -3.15. The minimum Gasteiger partial charge on any atom is -0.416 e. The molecule has 1 aromatic heterocycles. The number of alkyl halides is 1. The summed E-state index contributed by atoms with van der Waals surface area (Å²) in [5, 5.41) is 10.2. The summed E-state index contributed by atoms with van der Waals surface area (Å²) in [5.74, 6) is 0.596.